The number of hydrogen-bond donors (Lipinski definition) is 1. The number of aromatic nitrogens is 5. The predicted octanol–water partition coefficient (Wildman–Crippen LogP) is 1.26. The molecule has 0 aliphatic heterocycles. The van der Waals surface area contributed by atoms with E-state index >= 15 is 0 Å². The molecular weight excluding hydrogens is 340 g/mol. The molecule has 10 nitrogen and oxygen atoms in total. The zero-order chi connectivity index (χ0) is 18.4. The molecule has 3 heterocycles. The van der Waals surface area contributed by atoms with Crippen molar-refractivity contribution in [3.05, 3.63) is 42.2 Å². The van der Waals surface area contributed by atoms with Crippen molar-refractivity contribution in [2.75, 3.05) is 13.7 Å². The van der Waals surface area contributed by atoms with E-state index in [1.165, 1.54) is 19.5 Å². The summed E-state index contributed by atoms with van der Waals surface area (Å²) in [5, 5.41) is 6.53. The Morgan fingerprint density at radius 2 is 2.00 bits per heavy atom. The number of rotatable bonds is 7. The van der Waals surface area contributed by atoms with Gasteiger partial charge in [-0.25, -0.2) is 15.0 Å². The van der Waals surface area contributed by atoms with Crippen LogP contribution in [0.2, 0.25) is 0 Å². The minimum absolute atomic E-state index is 0.0717. The van der Waals surface area contributed by atoms with Gasteiger partial charge in [-0.2, -0.15) is 4.98 Å². The van der Waals surface area contributed by atoms with E-state index in [0.29, 0.717) is 29.4 Å². The maximum atomic E-state index is 12.0. The van der Waals surface area contributed by atoms with E-state index in [0.717, 1.165) is 0 Å². The quantitative estimate of drug-likeness (QED) is 0.666. The number of ether oxygens (including phenoxy) is 2. The van der Waals surface area contributed by atoms with Gasteiger partial charge in [0.25, 0.3) is 5.91 Å². The molecule has 0 saturated heterocycles. The van der Waals surface area contributed by atoms with Gasteiger partial charge in [0.15, 0.2) is 0 Å². The molecule has 10 heteroatoms. The van der Waals surface area contributed by atoms with Crippen LogP contribution in [0.5, 0.6) is 11.9 Å². The number of nitrogens with one attached hydrogen (secondary N) is 1. The van der Waals surface area contributed by atoms with Crippen LogP contribution in [0.1, 0.15) is 23.2 Å². The Hall–Kier alpha value is -3.56. The largest absolute Gasteiger partial charge is 0.478 e. The van der Waals surface area contributed by atoms with E-state index in [-0.39, 0.29) is 24.4 Å². The number of carbonyl (C=O) groups excluding carboxylic acids is 1. The van der Waals surface area contributed by atoms with Gasteiger partial charge in [0, 0.05) is 30.2 Å². The first-order valence-corrected chi connectivity index (χ1v) is 7.75. The lowest BCUT2D eigenvalue weighted by molar-refractivity contribution is 0.0945. The molecule has 0 aromatic carbocycles. The lowest BCUT2D eigenvalue weighted by Gasteiger charge is -2.02. The molecule has 0 fully saturated rings. The molecule has 3 aromatic rings. The second-order valence-electron chi connectivity index (χ2n) is 4.97. The van der Waals surface area contributed by atoms with Gasteiger partial charge in [-0.1, -0.05) is 5.16 Å². The lowest BCUT2D eigenvalue weighted by Crippen LogP contribution is -2.23. The molecule has 3 rings (SSSR count). The Kier molecular flexibility index (Phi) is 5.32. The molecule has 3 aromatic heterocycles. The molecule has 0 radical (unpaired) electrons. The number of hydrogen-bond acceptors (Lipinski definition) is 9. The molecule has 134 valence electrons. The summed E-state index contributed by atoms with van der Waals surface area (Å²) < 4.78 is 15.3. The van der Waals surface area contributed by atoms with Crippen LogP contribution in [0.4, 0.5) is 0 Å². The molecule has 0 unspecified atom stereocenters. The third-order valence-electron chi connectivity index (χ3n) is 3.23. The van der Waals surface area contributed by atoms with Crippen LogP contribution in [0, 0.1) is 0 Å². The first-order valence-electron chi connectivity index (χ1n) is 7.75. The topological polar surface area (TPSA) is 125 Å². The van der Waals surface area contributed by atoms with Crippen molar-refractivity contribution in [1.82, 2.24) is 30.4 Å². The molecule has 0 aliphatic rings. The van der Waals surface area contributed by atoms with Crippen LogP contribution in [-0.2, 0) is 6.54 Å². The summed E-state index contributed by atoms with van der Waals surface area (Å²) in [5.74, 6) is 0.790. The van der Waals surface area contributed by atoms with Gasteiger partial charge in [0.05, 0.1) is 25.8 Å². The zero-order valence-electron chi connectivity index (χ0n) is 14.2. The van der Waals surface area contributed by atoms with Crippen LogP contribution in [0.15, 0.2) is 35.2 Å². The van der Waals surface area contributed by atoms with E-state index in [4.69, 9.17) is 14.0 Å². The second kappa shape index (κ2) is 8.01. The summed E-state index contributed by atoms with van der Waals surface area (Å²) in [5.41, 5.74) is 0.972. The highest BCUT2D eigenvalue weighted by atomic mass is 16.5. The lowest BCUT2D eigenvalue weighted by atomic mass is 10.3. The fraction of sp³-hybridized carbons (Fsp3) is 0.250. The number of methoxy groups -OCH3 is 1. The maximum absolute atomic E-state index is 12.0. The third kappa shape index (κ3) is 4.09. The third-order valence-corrected chi connectivity index (χ3v) is 3.23. The van der Waals surface area contributed by atoms with Crippen molar-refractivity contribution in [2.24, 2.45) is 0 Å². The van der Waals surface area contributed by atoms with Gasteiger partial charge in [-0.15, -0.1) is 0 Å². The standard InChI is InChI=1S/C16H16N6O4/c1-3-25-12-5-4-10(6-17-12)14-21-13(26-22-14)9-18-15(23)11-7-19-16(24-2)20-8-11/h4-8H,3,9H2,1-2H3,(H,18,23). The average Bonchev–Trinajstić information content (AvgIpc) is 3.16. The van der Waals surface area contributed by atoms with Crippen molar-refractivity contribution >= 4 is 5.91 Å². The van der Waals surface area contributed by atoms with Crippen molar-refractivity contribution < 1.29 is 18.8 Å². The fourth-order valence-electron chi connectivity index (χ4n) is 1.99. The van der Waals surface area contributed by atoms with Crippen molar-refractivity contribution in [2.45, 2.75) is 13.5 Å². The molecule has 0 atom stereocenters. The van der Waals surface area contributed by atoms with E-state index in [9.17, 15) is 4.79 Å². The molecule has 0 aliphatic carbocycles. The summed E-state index contributed by atoms with van der Waals surface area (Å²) in [6.45, 7) is 2.49. The SMILES string of the molecule is CCOc1ccc(-c2noc(CNC(=O)c3cnc(OC)nc3)n2)cn1. The van der Waals surface area contributed by atoms with E-state index in [2.05, 4.69) is 30.4 Å². The first kappa shape index (κ1) is 17.3. The van der Waals surface area contributed by atoms with Gasteiger partial charge >= 0.3 is 6.01 Å². The smallest absolute Gasteiger partial charge is 0.316 e. The molecule has 26 heavy (non-hydrogen) atoms. The minimum Gasteiger partial charge on any atom is -0.478 e. The minimum atomic E-state index is -0.366. The summed E-state index contributed by atoms with van der Waals surface area (Å²) >= 11 is 0. The van der Waals surface area contributed by atoms with Gasteiger partial charge in [-0.3, -0.25) is 4.79 Å². The highest BCUT2D eigenvalue weighted by Crippen LogP contribution is 2.17. The highest BCUT2D eigenvalue weighted by molar-refractivity contribution is 5.93. The Balaban J connectivity index is 1.60. The van der Waals surface area contributed by atoms with Gasteiger partial charge in [-0.05, 0) is 13.0 Å². The van der Waals surface area contributed by atoms with Crippen LogP contribution in [-0.4, -0.2) is 44.7 Å². The van der Waals surface area contributed by atoms with E-state index in [1.54, 1.807) is 18.3 Å². The van der Waals surface area contributed by atoms with Crippen LogP contribution < -0.4 is 14.8 Å². The average molecular weight is 356 g/mol. The summed E-state index contributed by atoms with van der Waals surface area (Å²) in [6, 6.07) is 3.69. The Morgan fingerprint density at radius 1 is 1.19 bits per heavy atom. The number of nitrogens with zero attached hydrogens (tertiary/aromatic N) is 5. The summed E-state index contributed by atoms with van der Waals surface area (Å²) in [7, 11) is 1.45. The second-order valence-corrected chi connectivity index (χ2v) is 4.97. The number of carbonyl (C=O) groups is 1. The molecule has 0 saturated carbocycles. The number of amides is 1. The van der Waals surface area contributed by atoms with E-state index in [1.807, 2.05) is 6.92 Å². The molecule has 0 bridgehead atoms. The predicted molar refractivity (Wildman–Crippen MR) is 88.5 cm³/mol. The highest BCUT2D eigenvalue weighted by Gasteiger charge is 2.12. The monoisotopic (exact) mass is 356 g/mol. The van der Waals surface area contributed by atoms with Crippen molar-refractivity contribution in [3.8, 4) is 23.3 Å². The summed E-state index contributed by atoms with van der Waals surface area (Å²) in [4.78, 5) is 28.2. The van der Waals surface area contributed by atoms with Crippen LogP contribution >= 0.6 is 0 Å². The van der Waals surface area contributed by atoms with Crippen molar-refractivity contribution in [3.63, 3.8) is 0 Å². The Morgan fingerprint density at radius 3 is 2.65 bits per heavy atom. The molecule has 1 N–H and O–H groups in total. The van der Waals surface area contributed by atoms with Gasteiger partial charge < -0.3 is 19.3 Å². The fourth-order valence-corrected chi connectivity index (χ4v) is 1.99. The Labute approximate surface area is 148 Å². The summed E-state index contributed by atoms with van der Waals surface area (Å²) in [6.07, 6.45) is 4.32. The maximum Gasteiger partial charge on any atom is 0.316 e. The van der Waals surface area contributed by atoms with Crippen molar-refractivity contribution in [1.29, 1.82) is 0 Å². The molecule has 1 amide bonds. The normalized spacial score (nSPS) is 10.4. The van der Waals surface area contributed by atoms with Crippen LogP contribution in [0.3, 0.4) is 0 Å². The number of pyridine rings is 1. The molecule has 0 spiro atoms. The van der Waals surface area contributed by atoms with Gasteiger partial charge in [0.1, 0.15) is 0 Å². The molecular formula is C16H16N6O4. The van der Waals surface area contributed by atoms with E-state index < -0.39 is 0 Å². The first-order chi connectivity index (χ1) is 12.7. The zero-order valence-corrected chi connectivity index (χ0v) is 14.2. The Bertz CT molecular complexity index is 863. The van der Waals surface area contributed by atoms with Gasteiger partial charge in [0.2, 0.25) is 17.6 Å². The van der Waals surface area contributed by atoms with Crippen LogP contribution in [0.25, 0.3) is 11.4 Å².